The molecule has 6 nitrogen and oxygen atoms in total. The van der Waals surface area contributed by atoms with Crippen LogP contribution in [-0.4, -0.2) is 73.7 Å². The SMILES string of the molecule is O=C1C(N2CCN(S(=O)(=O)c3ccc(F)c(F)c3)CC2)CCN1CCc1ccccc1. The Balaban J connectivity index is 1.33. The van der Waals surface area contributed by atoms with E-state index in [2.05, 4.69) is 0 Å². The maximum absolute atomic E-state index is 13.5. The van der Waals surface area contributed by atoms with Gasteiger partial charge in [-0.05, 0) is 36.6 Å². The van der Waals surface area contributed by atoms with Gasteiger partial charge in [0.15, 0.2) is 11.6 Å². The zero-order valence-electron chi connectivity index (χ0n) is 17.1. The van der Waals surface area contributed by atoms with Gasteiger partial charge < -0.3 is 4.90 Å². The number of carbonyl (C=O) groups is 1. The van der Waals surface area contributed by atoms with Crippen molar-refractivity contribution in [3.8, 4) is 0 Å². The molecule has 2 aliphatic heterocycles. The van der Waals surface area contributed by atoms with Crippen LogP contribution in [0.3, 0.4) is 0 Å². The van der Waals surface area contributed by atoms with Crippen LogP contribution in [-0.2, 0) is 21.2 Å². The molecule has 0 aliphatic carbocycles. The molecular weight excluding hydrogens is 424 g/mol. The van der Waals surface area contributed by atoms with Crippen molar-refractivity contribution in [2.75, 3.05) is 39.3 Å². The second-order valence-corrected chi connectivity index (χ2v) is 9.82. The Bertz CT molecular complexity index is 1040. The zero-order chi connectivity index (χ0) is 22.0. The zero-order valence-corrected chi connectivity index (χ0v) is 17.9. The summed E-state index contributed by atoms with van der Waals surface area (Å²) in [5.41, 5.74) is 1.19. The summed E-state index contributed by atoms with van der Waals surface area (Å²) in [7, 11) is -3.91. The maximum atomic E-state index is 13.5. The highest BCUT2D eigenvalue weighted by Gasteiger charge is 2.38. The molecule has 1 unspecified atom stereocenters. The second-order valence-electron chi connectivity index (χ2n) is 7.88. The number of sulfonamides is 1. The minimum atomic E-state index is -3.91. The second kappa shape index (κ2) is 9.02. The van der Waals surface area contributed by atoms with Gasteiger partial charge in [-0.3, -0.25) is 9.69 Å². The number of benzene rings is 2. The van der Waals surface area contributed by atoms with Crippen molar-refractivity contribution >= 4 is 15.9 Å². The van der Waals surface area contributed by atoms with Crippen LogP contribution in [0.15, 0.2) is 53.4 Å². The highest BCUT2D eigenvalue weighted by molar-refractivity contribution is 7.89. The van der Waals surface area contributed by atoms with E-state index in [-0.39, 0.29) is 29.9 Å². The molecule has 0 radical (unpaired) electrons. The molecule has 1 amide bonds. The van der Waals surface area contributed by atoms with Crippen LogP contribution in [0.5, 0.6) is 0 Å². The topological polar surface area (TPSA) is 60.9 Å². The smallest absolute Gasteiger partial charge is 0.243 e. The summed E-state index contributed by atoms with van der Waals surface area (Å²) in [4.78, 5) is 16.5. The standard InChI is InChI=1S/C22H25F2N3O3S/c23-19-7-6-18(16-20(19)24)31(29,30)27-14-12-25(13-15-27)21-9-11-26(22(21)28)10-8-17-4-2-1-3-5-17/h1-7,16,21H,8-15H2. The highest BCUT2D eigenvalue weighted by atomic mass is 32.2. The molecule has 0 aromatic heterocycles. The van der Waals surface area contributed by atoms with E-state index in [1.807, 2.05) is 40.1 Å². The maximum Gasteiger partial charge on any atom is 0.243 e. The fraction of sp³-hybridized carbons (Fsp3) is 0.409. The molecule has 9 heteroatoms. The Hall–Kier alpha value is -2.36. The molecule has 31 heavy (non-hydrogen) atoms. The fourth-order valence-electron chi connectivity index (χ4n) is 4.23. The van der Waals surface area contributed by atoms with Crippen molar-refractivity contribution in [1.82, 2.24) is 14.1 Å². The average Bonchev–Trinajstić information content (AvgIpc) is 3.15. The minimum Gasteiger partial charge on any atom is -0.341 e. The van der Waals surface area contributed by atoms with Crippen molar-refractivity contribution in [3.63, 3.8) is 0 Å². The lowest BCUT2D eigenvalue weighted by Crippen LogP contribution is -2.53. The Labute approximate surface area is 181 Å². The van der Waals surface area contributed by atoms with Gasteiger partial charge in [-0.2, -0.15) is 4.31 Å². The summed E-state index contributed by atoms with van der Waals surface area (Å²) >= 11 is 0. The van der Waals surface area contributed by atoms with E-state index in [4.69, 9.17) is 0 Å². The summed E-state index contributed by atoms with van der Waals surface area (Å²) in [5, 5.41) is 0. The van der Waals surface area contributed by atoms with E-state index in [1.54, 1.807) is 0 Å². The summed E-state index contributed by atoms with van der Waals surface area (Å²) < 4.78 is 53.4. The number of amides is 1. The molecule has 2 saturated heterocycles. The van der Waals surface area contributed by atoms with Gasteiger partial charge in [0.2, 0.25) is 15.9 Å². The Morgan fingerprint density at radius 3 is 2.29 bits per heavy atom. The molecular formula is C22H25F2N3O3S. The molecule has 2 fully saturated rings. The van der Waals surface area contributed by atoms with Gasteiger partial charge in [0.1, 0.15) is 0 Å². The number of carbonyl (C=O) groups excluding carboxylic acids is 1. The van der Waals surface area contributed by atoms with Crippen molar-refractivity contribution < 1.29 is 22.0 Å². The predicted octanol–water partition coefficient (Wildman–Crippen LogP) is 2.11. The quantitative estimate of drug-likeness (QED) is 0.678. The van der Waals surface area contributed by atoms with E-state index >= 15 is 0 Å². The number of halogens is 2. The van der Waals surface area contributed by atoms with Gasteiger partial charge >= 0.3 is 0 Å². The molecule has 2 heterocycles. The number of nitrogens with zero attached hydrogens (tertiary/aromatic N) is 3. The van der Waals surface area contributed by atoms with E-state index < -0.39 is 21.7 Å². The van der Waals surface area contributed by atoms with E-state index in [0.717, 1.165) is 25.0 Å². The minimum absolute atomic E-state index is 0.0906. The number of rotatable bonds is 6. The van der Waals surface area contributed by atoms with Gasteiger partial charge in [-0.25, -0.2) is 17.2 Å². The summed E-state index contributed by atoms with van der Waals surface area (Å²) in [5.74, 6) is -2.18. The molecule has 0 bridgehead atoms. The Kier molecular flexibility index (Phi) is 6.36. The summed E-state index contributed by atoms with van der Waals surface area (Å²) in [6.07, 6.45) is 1.53. The third-order valence-electron chi connectivity index (χ3n) is 6.03. The molecule has 0 spiro atoms. The third-order valence-corrected chi connectivity index (χ3v) is 7.92. The molecule has 166 valence electrons. The van der Waals surface area contributed by atoms with Crippen molar-refractivity contribution in [2.45, 2.75) is 23.8 Å². The van der Waals surface area contributed by atoms with Crippen LogP contribution >= 0.6 is 0 Å². The molecule has 0 N–H and O–H groups in total. The molecule has 2 aromatic carbocycles. The van der Waals surface area contributed by atoms with Gasteiger partial charge in [-0.15, -0.1) is 0 Å². The lowest BCUT2D eigenvalue weighted by atomic mass is 10.1. The first kappa shape index (κ1) is 21.9. The summed E-state index contributed by atoms with van der Waals surface area (Å²) in [6.45, 7) is 2.62. The lowest BCUT2D eigenvalue weighted by Gasteiger charge is -2.36. The largest absolute Gasteiger partial charge is 0.341 e. The van der Waals surface area contributed by atoms with Crippen LogP contribution in [0, 0.1) is 11.6 Å². The van der Waals surface area contributed by atoms with E-state index in [9.17, 15) is 22.0 Å². The van der Waals surface area contributed by atoms with E-state index in [0.29, 0.717) is 32.2 Å². The monoisotopic (exact) mass is 449 g/mol. The Morgan fingerprint density at radius 2 is 1.61 bits per heavy atom. The first-order chi connectivity index (χ1) is 14.9. The number of likely N-dealkylation sites (tertiary alicyclic amines) is 1. The Morgan fingerprint density at radius 1 is 0.903 bits per heavy atom. The molecule has 0 saturated carbocycles. The lowest BCUT2D eigenvalue weighted by molar-refractivity contribution is -0.132. The number of hydrogen-bond acceptors (Lipinski definition) is 4. The summed E-state index contributed by atoms with van der Waals surface area (Å²) in [6, 6.07) is 12.4. The van der Waals surface area contributed by atoms with Gasteiger partial charge in [-0.1, -0.05) is 30.3 Å². The number of hydrogen-bond donors (Lipinski definition) is 0. The van der Waals surface area contributed by atoms with Crippen LogP contribution in [0.4, 0.5) is 8.78 Å². The van der Waals surface area contributed by atoms with Gasteiger partial charge in [0.25, 0.3) is 0 Å². The first-order valence-electron chi connectivity index (χ1n) is 10.4. The normalized spacial score (nSPS) is 21.0. The highest BCUT2D eigenvalue weighted by Crippen LogP contribution is 2.23. The van der Waals surface area contributed by atoms with Crippen molar-refractivity contribution in [3.05, 3.63) is 65.7 Å². The fourth-order valence-corrected chi connectivity index (χ4v) is 5.67. The van der Waals surface area contributed by atoms with Crippen LogP contribution in [0.25, 0.3) is 0 Å². The molecule has 2 aliphatic rings. The van der Waals surface area contributed by atoms with E-state index in [1.165, 1.54) is 9.87 Å². The molecule has 1 atom stereocenters. The van der Waals surface area contributed by atoms with Gasteiger partial charge in [0, 0.05) is 39.3 Å². The predicted molar refractivity (Wildman–Crippen MR) is 112 cm³/mol. The number of piperazine rings is 1. The van der Waals surface area contributed by atoms with Crippen LogP contribution in [0.2, 0.25) is 0 Å². The van der Waals surface area contributed by atoms with Crippen molar-refractivity contribution in [2.24, 2.45) is 0 Å². The molecule has 2 aromatic rings. The average molecular weight is 450 g/mol. The van der Waals surface area contributed by atoms with Crippen LogP contribution in [0.1, 0.15) is 12.0 Å². The van der Waals surface area contributed by atoms with Crippen LogP contribution < -0.4 is 0 Å². The first-order valence-corrected chi connectivity index (χ1v) is 11.8. The van der Waals surface area contributed by atoms with Crippen molar-refractivity contribution in [1.29, 1.82) is 0 Å². The molecule has 4 rings (SSSR count). The third kappa shape index (κ3) is 4.63. The van der Waals surface area contributed by atoms with Gasteiger partial charge in [0.05, 0.1) is 10.9 Å².